The van der Waals surface area contributed by atoms with Gasteiger partial charge in [0.15, 0.2) is 0 Å². The summed E-state index contributed by atoms with van der Waals surface area (Å²) in [6.07, 6.45) is 2.50. The van der Waals surface area contributed by atoms with Gasteiger partial charge in [-0.1, -0.05) is 308 Å². The monoisotopic (exact) mass is 1130 g/mol. The third-order valence-electron chi connectivity index (χ3n) is 19.4. The highest BCUT2D eigenvalue weighted by Crippen LogP contribution is 2.63. The molecule has 3 aliphatic rings. The third kappa shape index (κ3) is 9.21. The zero-order chi connectivity index (χ0) is 59.9. The molecule has 0 bridgehead atoms. The smallest absolute Gasteiger partial charge is 0.127 e. The molecular weight excluding hydrogens is 1060 g/mol. The van der Waals surface area contributed by atoms with E-state index < -0.39 is 5.41 Å². The first-order valence-electron chi connectivity index (χ1n) is 31.4. The van der Waals surface area contributed by atoms with Crippen molar-refractivity contribution in [2.75, 3.05) is 0 Å². The van der Waals surface area contributed by atoms with E-state index in [9.17, 15) is 0 Å². The lowest BCUT2D eigenvalue weighted by molar-refractivity contribution is 0.479. The van der Waals surface area contributed by atoms with E-state index in [4.69, 9.17) is 4.74 Å². The largest absolute Gasteiger partial charge is 0.457 e. The summed E-state index contributed by atoms with van der Waals surface area (Å²) in [4.78, 5) is 0. The second-order valence-electron chi connectivity index (χ2n) is 26.7. The molecule has 0 heterocycles. The lowest BCUT2D eigenvalue weighted by Gasteiger charge is -2.51. The lowest BCUT2D eigenvalue weighted by atomic mass is 9.51. The summed E-state index contributed by atoms with van der Waals surface area (Å²) in [6, 6.07) is 107. The number of fused-ring (bicyclic) bond motifs is 9. The molecule has 2 unspecified atom stereocenters. The van der Waals surface area contributed by atoms with Crippen molar-refractivity contribution in [1.29, 1.82) is 0 Å². The third-order valence-corrected chi connectivity index (χ3v) is 19.4. The predicted molar refractivity (Wildman–Crippen MR) is 366 cm³/mol. The first kappa shape index (κ1) is 54.8. The highest BCUT2D eigenvalue weighted by molar-refractivity contribution is 5.99. The molecule has 426 valence electrons. The van der Waals surface area contributed by atoms with Crippen LogP contribution in [-0.4, -0.2) is 0 Å². The Kier molecular flexibility index (Phi) is 13.4. The van der Waals surface area contributed by atoms with Crippen LogP contribution in [0.2, 0.25) is 0 Å². The summed E-state index contributed by atoms with van der Waals surface area (Å²) in [6.45, 7) is 16.4. The van der Waals surface area contributed by atoms with Crippen molar-refractivity contribution in [2.45, 2.75) is 82.5 Å². The summed E-state index contributed by atoms with van der Waals surface area (Å²) in [5, 5.41) is 0. The summed E-state index contributed by atoms with van der Waals surface area (Å²) in [5.41, 5.74) is 29.7. The van der Waals surface area contributed by atoms with Gasteiger partial charge in [0, 0.05) is 17.8 Å². The molecule has 88 heavy (non-hydrogen) atoms. The molecule has 12 aromatic rings. The van der Waals surface area contributed by atoms with Crippen LogP contribution < -0.4 is 4.74 Å². The maximum atomic E-state index is 7.37. The van der Waals surface area contributed by atoms with E-state index in [1.165, 1.54) is 134 Å². The Bertz CT molecular complexity index is 4540. The van der Waals surface area contributed by atoms with Gasteiger partial charge in [-0.3, -0.25) is 0 Å². The van der Waals surface area contributed by atoms with Crippen LogP contribution in [-0.2, 0) is 16.2 Å². The second-order valence-corrected chi connectivity index (χ2v) is 26.7. The Morgan fingerprint density at radius 3 is 1.40 bits per heavy atom. The van der Waals surface area contributed by atoms with Crippen molar-refractivity contribution < 1.29 is 4.74 Å². The van der Waals surface area contributed by atoms with Crippen LogP contribution >= 0.6 is 0 Å². The summed E-state index contributed by atoms with van der Waals surface area (Å²) < 4.78 is 7.37. The fourth-order valence-electron chi connectivity index (χ4n) is 15.2. The number of rotatable bonds is 9. The number of aryl methyl sites for hydroxylation is 1. The fraction of sp³-hybridized carbons (Fsp3) is 0.149. The second kappa shape index (κ2) is 21.5. The van der Waals surface area contributed by atoms with Gasteiger partial charge >= 0.3 is 0 Å². The van der Waals surface area contributed by atoms with E-state index in [0.717, 1.165) is 11.5 Å². The van der Waals surface area contributed by atoms with Crippen molar-refractivity contribution in [2.24, 2.45) is 0 Å². The van der Waals surface area contributed by atoms with Crippen LogP contribution in [0.25, 0.3) is 39.0 Å². The average Bonchev–Trinajstić information content (AvgIpc) is 0.921. The SMILES string of the molecule is Cc1cc(C2c3ccccc3C3(c4ccc(Oc5cccc(C6C=C(c7c(-c8ccccc8)cccc7-c7ccccc7)c7ccccc76)c5)cc42)c2cc(C(C)(C)C)ccc2C(c2ccccc2)c2ccc(C(C)(C)C)cc23)ccc1-c1ccccc1. The van der Waals surface area contributed by atoms with Gasteiger partial charge in [-0.05, 0) is 176 Å². The molecule has 0 N–H and O–H groups in total. The fourth-order valence-corrected chi connectivity index (χ4v) is 15.2. The zero-order valence-corrected chi connectivity index (χ0v) is 51.4. The van der Waals surface area contributed by atoms with Gasteiger partial charge in [-0.25, -0.2) is 0 Å². The van der Waals surface area contributed by atoms with Crippen LogP contribution in [0.1, 0.15) is 154 Å². The minimum absolute atomic E-state index is 0.00398. The molecule has 0 fully saturated rings. The molecule has 1 spiro atoms. The van der Waals surface area contributed by atoms with Gasteiger partial charge in [0.2, 0.25) is 0 Å². The molecule has 0 aliphatic heterocycles. The Labute approximate surface area is 520 Å². The van der Waals surface area contributed by atoms with Crippen LogP contribution in [0.5, 0.6) is 11.5 Å². The summed E-state index contributed by atoms with van der Waals surface area (Å²) >= 11 is 0. The number of hydrogen-bond acceptors (Lipinski definition) is 1. The topological polar surface area (TPSA) is 9.23 Å². The first-order valence-corrected chi connectivity index (χ1v) is 31.4. The quantitative estimate of drug-likeness (QED) is 0.140. The summed E-state index contributed by atoms with van der Waals surface area (Å²) in [7, 11) is 0. The minimum Gasteiger partial charge on any atom is -0.457 e. The van der Waals surface area contributed by atoms with Crippen molar-refractivity contribution in [3.8, 4) is 44.9 Å². The van der Waals surface area contributed by atoms with Crippen LogP contribution in [0.4, 0.5) is 0 Å². The highest BCUT2D eigenvalue weighted by atomic mass is 16.5. The molecule has 0 amide bonds. The van der Waals surface area contributed by atoms with Crippen molar-refractivity contribution >= 4 is 5.57 Å². The van der Waals surface area contributed by atoms with E-state index in [2.05, 4.69) is 340 Å². The summed E-state index contributed by atoms with van der Waals surface area (Å²) in [5.74, 6) is 1.53. The number of benzene rings is 12. The highest BCUT2D eigenvalue weighted by Gasteiger charge is 2.53. The van der Waals surface area contributed by atoms with E-state index in [1.54, 1.807) is 0 Å². The predicted octanol–water partition coefficient (Wildman–Crippen LogP) is 22.3. The molecule has 2 atom stereocenters. The van der Waals surface area contributed by atoms with Crippen molar-refractivity contribution in [3.05, 3.63) is 386 Å². The Morgan fingerprint density at radius 2 is 0.795 bits per heavy atom. The molecule has 3 aliphatic carbocycles. The Hall–Kier alpha value is -9.82. The van der Waals surface area contributed by atoms with Crippen molar-refractivity contribution in [3.63, 3.8) is 0 Å². The molecular formula is C87H72O. The molecule has 15 rings (SSSR count). The molecule has 0 saturated carbocycles. The van der Waals surface area contributed by atoms with Gasteiger partial charge in [0.25, 0.3) is 0 Å². The van der Waals surface area contributed by atoms with Crippen molar-refractivity contribution in [1.82, 2.24) is 0 Å². The van der Waals surface area contributed by atoms with Gasteiger partial charge in [0.05, 0.1) is 5.41 Å². The maximum Gasteiger partial charge on any atom is 0.127 e. The average molecular weight is 1130 g/mol. The van der Waals surface area contributed by atoms with Gasteiger partial charge in [-0.2, -0.15) is 0 Å². The standard InChI is InChI=1S/C87H72O/c1-56-50-62(42-46-67(56)57-26-12-8-13-27-57)83-72-38-22-23-41-78(72)87(80-52-63(85(2,3)4)43-47-73(80)82(60-32-18-11-19-33-60)74-48-44-64(53-81(74)87)86(5,6)7)79-49-45-66(54-77(79)83)88-65-35-24-34-61(51-65)75-55-76(71-37-21-20-36-70(71)75)84-68(58-28-14-9-15-29-58)39-25-40-69(84)59-30-16-10-17-31-59/h8-55,75,82-83H,1-7H3. The normalized spacial score (nSPS) is 17.3. The van der Waals surface area contributed by atoms with Gasteiger partial charge in [0.1, 0.15) is 11.5 Å². The van der Waals surface area contributed by atoms with Crippen LogP contribution in [0, 0.1) is 6.92 Å². The van der Waals surface area contributed by atoms with E-state index in [1.807, 2.05) is 0 Å². The Balaban J connectivity index is 0.930. The molecule has 0 aromatic heterocycles. The van der Waals surface area contributed by atoms with Gasteiger partial charge in [-0.15, -0.1) is 0 Å². The number of ether oxygens (including phenoxy) is 1. The molecule has 12 aromatic carbocycles. The van der Waals surface area contributed by atoms with Crippen LogP contribution in [0.3, 0.4) is 0 Å². The number of hydrogen-bond donors (Lipinski definition) is 0. The number of allylic oxidation sites excluding steroid dienone is 1. The minimum atomic E-state index is -0.697. The molecule has 1 nitrogen and oxygen atoms in total. The zero-order valence-electron chi connectivity index (χ0n) is 51.4. The Morgan fingerprint density at radius 1 is 0.318 bits per heavy atom. The van der Waals surface area contributed by atoms with Crippen LogP contribution in [0.15, 0.2) is 291 Å². The first-order chi connectivity index (χ1) is 42.8. The maximum absolute atomic E-state index is 7.37. The van der Waals surface area contributed by atoms with E-state index in [0.29, 0.717) is 0 Å². The lowest BCUT2D eigenvalue weighted by Crippen LogP contribution is -2.42. The van der Waals surface area contributed by atoms with E-state index in [-0.39, 0.29) is 28.6 Å². The van der Waals surface area contributed by atoms with Gasteiger partial charge < -0.3 is 4.74 Å². The molecule has 0 radical (unpaired) electrons. The molecule has 1 heteroatoms. The molecule has 0 saturated heterocycles. The van der Waals surface area contributed by atoms with E-state index >= 15 is 0 Å².